The zero-order valence-electron chi connectivity index (χ0n) is 17.2. The lowest BCUT2D eigenvalue weighted by molar-refractivity contribution is 0.0954. The molecule has 0 aliphatic carbocycles. The number of rotatable bonds is 7. The van der Waals surface area contributed by atoms with Crippen LogP contribution >= 0.6 is 0 Å². The summed E-state index contributed by atoms with van der Waals surface area (Å²) in [5, 5.41) is 6.29. The highest BCUT2D eigenvalue weighted by atomic mass is 16.1. The number of aromatic nitrogens is 1. The van der Waals surface area contributed by atoms with Crippen LogP contribution in [0.5, 0.6) is 0 Å². The fourth-order valence-corrected chi connectivity index (χ4v) is 3.65. The minimum Gasteiger partial charge on any atom is -0.357 e. The number of aliphatic imine (C=N–C) groups is 1. The van der Waals surface area contributed by atoms with Crippen molar-refractivity contribution in [2.24, 2.45) is 10.9 Å². The van der Waals surface area contributed by atoms with Gasteiger partial charge in [-0.3, -0.25) is 14.8 Å². The molecular formula is C23H31N5O. The van der Waals surface area contributed by atoms with E-state index in [0.29, 0.717) is 18.7 Å². The number of nitrogens with zero attached hydrogens (tertiary/aromatic N) is 3. The summed E-state index contributed by atoms with van der Waals surface area (Å²) in [6, 6.07) is 14.3. The van der Waals surface area contributed by atoms with Crippen molar-refractivity contribution in [1.82, 2.24) is 20.5 Å². The number of piperidine rings is 1. The molecule has 154 valence electrons. The number of likely N-dealkylation sites (tertiary alicyclic amines) is 1. The molecule has 0 unspecified atom stereocenters. The number of carbonyl (C=O) groups is 1. The van der Waals surface area contributed by atoms with Crippen LogP contribution in [0.4, 0.5) is 0 Å². The maximum absolute atomic E-state index is 12.1. The minimum atomic E-state index is -0.111. The maximum atomic E-state index is 12.1. The molecular weight excluding hydrogens is 362 g/mol. The third kappa shape index (κ3) is 6.59. The Morgan fingerprint density at radius 3 is 2.62 bits per heavy atom. The van der Waals surface area contributed by atoms with Crippen LogP contribution in [-0.4, -0.2) is 54.5 Å². The summed E-state index contributed by atoms with van der Waals surface area (Å²) in [6.07, 6.45) is 6.74. The molecule has 1 fully saturated rings. The van der Waals surface area contributed by atoms with Gasteiger partial charge in [0.25, 0.3) is 5.91 Å². The van der Waals surface area contributed by atoms with Gasteiger partial charge >= 0.3 is 0 Å². The Labute approximate surface area is 173 Å². The summed E-state index contributed by atoms with van der Waals surface area (Å²) in [7, 11) is 0. The molecule has 0 atom stereocenters. The first-order valence-corrected chi connectivity index (χ1v) is 10.5. The van der Waals surface area contributed by atoms with Crippen molar-refractivity contribution in [2.45, 2.75) is 26.2 Å². The summed E-state index contributed by atoms with van der Waals surface area (Å²) < 4.78 is 0. The molecule has 1 amide bonds. The Morgan fingerprint density at radius 1 is 1.14 bits per heavy atom. The quantitative estimate of drug-likeness (QED) is 0.431. The summed E-state index contributed by atoms with van der Waals surface area (Å²) in [5.74, 6) is 1.57. The van der Waals surface area contributed by atoms with Gasteiger partial charge < -0.3 is 15.5 Å². The van der Waals surface area contributed by atoms with Gasteiger partial charge in [-0.05, 0) is 49.8 Å². The number of carbonyl (C=O) groups excluding carboxylic acids is 1. The van der Waals surface area contributed by atoms with E-state index in [-0.39, 0.29) is 5.91 Å². The van der Waals surface area contributed by atoms with Crippen molar-refractivity contribution in [3.8, 4) is 0 Å². The summed E-state index contributed by atoms with van der Waals surface area (Å²) in [4.78, 5) is 23.1. The van der Waals surface area contributed by atoms with Gasteiger partial charge in [-0.1, -0.05) is 30.3 Å². The molecule has 1 aliphatic heterocycles. The standard InChI is InChI=1S/C23H31N5O/c1-2-25-23(27-14-13-26-22(29)21-9-6-12-24-18-21)28-15-10-20(11-16-28)17-19-7-4-3-5-8-19/h3-9,12,18,20H,2,10-11,13-17H2,1H3,(H,25,27)(H,26,29). The highest BCUT2D eigenvalue weighted by Crippen LogP contribution is 2.21. The molecule has 1 saturated heterocycles. The molecule has 1 aliphatic rings. The zero-order chi connectivity index (χ0) is 20.3. The topological polar surface area (TPSA) is 69.6 Å². The van der Waals surface area contributed by atoms with E-state index in [4.69, 9.17) is 4.99 Å². The molecule has 0 radical (unpaired) electrons. The third-order valence-electron chi connectivity index (χ3n) is 5.20. The lowest BCUT2D eigenvalue weighted by atomic mass is 9.90. The van der Waals surface area contributed by atoms with E-state index < -0.39 is 0 Å². The van der Waals surface area contributed by atoms with E-state index in [1.165, 1.54) is 18.4 Å². The van der Waals surface area contributed by atoms with Gasteiger partial charge in [0.05, 0.1) is 12.1 Å². The average molecular weight is 394 g/mol. The van der Waals surface area contributed by atoms with E-state index in [0.717, 1.165) is 37.9 Å². The molecule has 1 aromatic heterocycles. The lowest BCUT2D eigenvalue weighted by Gasteiger charge is -2.34. The molecule has 2 heterocycles. The van der Waals surface area contributed by atoms with Crippen LogP contribution in [0, 0.1) is 5.92 Å². The van der Waals surface area contributed by atoms with E-state index in [9.17, 15) is 4.79 Å². The molecule has 0 spiro atoms. The van der Waals surface area contributed by atoms with Gasteiger partial charge in [-0.2, -0.15) is 0 Å². The number of benzene rings is 1. The third-order valence-corrected chi connectivity index (χ3v) is 5.20. The van der Waals surface area contributed by atoms with Crippen molar-refractivity contribution in [3.05, 3.63) is 66.0 Å². The monoisotopic (exact) mass is 393 g/mol. The van der Waals surface area contributed by atoms with Gasteiger partial charge in [0, 0.05) is 38.6 Å². The molecule has 0 saturated carbocycles. The molecule has 3 rings (SSSR count). The van der Waals surface area contributed by atoms with Crippen molar-refractivity contribution in [1.29, 1.82) is 0 Å². The molecule has 1 aromatic carbocycles. The fraction of sp³-hybridized carbons (Fsp3) is 0.435. The Balaban J connectivity index is 1.45. The first-order chi connectivity index (χ1) is 14.3. The van der Waals surface area contributed by atoms with Gasteiger partial charge in [-0.25, -0.2) is 0 Å². The Morgan fingerprint density at radius 2 is 1.93 bits per heavy atom. The number of hydrogen-bond donors (Lipinski definition) is 2. The smallest absolute Gasteiger partial charge is 0.252 e. The lowest BCUT2D eigenvalue weighted by Crippen LogP contribution is -2.46. The van der Waals surface area contributed by atoms with Gasteiger partial charge in [0.15, 0.2) is 5.96 Å². The Kier molecular flexibility index (Phi) is 8.04. The summed E-state index contributed by atoms with van der Waals surface area (Å²) in [5.41, 5.74) is 2.00. The van der Waals surface area contributed by atoms with Crippen LogP contribution in [0.3, 0.4) is 0 Å². The molecule has 29 heavy (non-hydrogen) atoms. The van der Waals surface area contributed by atoms with Crippen LogP contribution < -0.4 is 10.6 Å². The Bertz CT molecular complexity index is 770. The van der Waals surface area contributed by atoms with E-state index in [1.54, 1.807) is 24.5 Å². The zero-order valence-corrected chi connectivity index (χ0v) is 17.2. The van der Waals surface area contributed by atoms with Gasteiger partial charge in [-0.15, -0.1) is 0 Å². The normalized spacial score (nSPS) is 15.2. The van der Waals surface area contributed by atoms with Crippen LogP contribution in [0.25, 0.3) is 0 Å². The van der Waals surface area contributed by atoms with E-state index >= 15 is 0 Å². The summed E-state index contributed by atoms with van der Waals surface area (Å²) >= 11 is 0. The number of pyridine rings is 1. The van der Waals surface area contributed by atoms with Gasteiger partial charge in [0.2, 0.25) is 0 Å². The van der Waals surface area contributed by atoms with Gasteiger partial charge in [0.1, 0.15) is 0 Å². The molecule has 0 bridgehead atoms. The highest BCUT2D eigenvalue weighted by Gasteiger charge is 2.21. The highest BCUT2D eigenvalue weighted by molar-refractivity contribution is 5.93. The molecule has 2 aromatic rings. The number of amides is 1. The first-order valence-electron chi connectivity index (χ1n) is 10.5. The first kappa shape index (κ1) is 20.8. The SMILES string of the molecule is CCNC(=NCCNC(=O)c1cccnc1)N1CCC(Cc2ccccc2)CC1. The summed E-state index contributed by atoms with van der Waals surface area (Å²) in [6.45, 7) is 6.02. The second-order valence-corrected chi connectivity index (χ2v) is 7.35. The van der Waals surface area contributed by atoms with Crippen LogP contribution in [0.1, 0.15) is 35.7 Å². The fourth-order valence-electron chi connectivity index (χ4n) is 3.65. The van der Waals surface area contributed by atoms with Crippen molar-refractivity contribution in [3.63, 3.8) is 0 Å². The maximum Gasteiger partial charge on any atom is 0.252 e. The van der Waals surface area contributed by atoms with Crippen molar-refractivity contribution < 1.29 is 4.79 Å². The van der Waals surface area contributed by atoms with E-state index in [2.05, 4.69) is 57.8 Å². The second-order valence-electron chi connectivity index (χ2n) is 7.35. The minimum absolute atomic E-state index is 0.111. The number of hydrogen-bond acceptors (Lipinski definition) is 3. The second kappa shape index (κ2) is 11.2. The van der Waals surface area contributed by atoms with Crippen LogP contribution in [0.15, 0.2) is 59.9 Å². The van der Waals surface area contributed by atoms with Crippen molar-refractivity contribution in [2.75, 3.05) is 32.7 Å². The van der Waals surface area contributed by atoms with Crippen molar-refractivity contribution >= 4 is 11.9 Å². The van der Waals surface area contributed by atoms with Crippen LogP contribution in [0.2, 0.25) is 0 Å². The molecule has 2 N–H and O–H groups in total. The number of nitrogens with one attached hydrogen (secondary N) is 2. The van der Waals surface area contributed by atoms with Crippen LogP contribution in [-0.2, 0) is 6.42 Å². The van der Waals surface area contributed by atoms with E-state index in [1.807, 2.05) is 0 Å². The Hall–Kier alpha value is -2.89. The predicted octanol–water partition coefficient (Wildman–Crippen LogP) is 2.73. The number of guanidine groups is 1. The largest absolute Gasteiger partial charge is 0.357 e. The molecule has 6 nitrogen and oxygen atoms in total. The average Bonchev–Trinajstić information content (AvgIpc) is 2.78. The molecule has 6 heteroatoms. The predicted molar refractivity (Wildman–Crippen MR) is 117 cm³/mol.